The number of aromatic nitrogens is 1. The summed E-state index contributed by atoms with van der Waals surface area (Å²) in [6.45, 7) is 2.59. The van der Waals surface area contributed by atoms with Gasteiger partial charge in [-0.2, -0.15) is 0 Å². The Balaban J connectivity index is 2.20. The molecule has 0 saturated heterocycles. The van der Waals surface area contributed by atoms with Crippen LogP contribution in [0.3, 0.4) is 0 Å². The smallest absolute Gasteiger partial charge is 0.196 e. The van der Waals surface area contributed by atoms with Crippen LogP contribution in [0.1, 0.15) is 17.4 Å². The van der Waals surface area contributed by atoms with E-state index >= 15 is 0 Å². The van der Waals surface area contributed by atoms with Gasteiger partial charge in [-0.15, -0.1) is 22.9 Å². The second-order valence-electron chi connectivity index (χ2n) is 3.55. The number of halogens is 1. The second-order valence-corrected chi connectivity index (χ2v) is 4.68. The van der Waals surface area contributed by atoms with E-state index < -0.39 is 0 Å². The lowest BCUT2D eigenvalue weighted by Gasteiger charge is -2.02. The zero-order chi connectivity index (χ0) is 13.0. The molecule has 0 amide bonds. The molecule has 1 aromatic carbocycles. The Kier molecular flexibility index (Phi) is 4.33. The maximum Gasteiger partial charge on any atom is 0.196 e. The van der Waals surface area contributed by atoms with Gasteiger partial charge in [0.15, 0.2) is 5.78 Å². The van der Waals surface area contributed by atoms with Gasteiger partial charge in [0, 0.05) is 10.9 Å². The van der Waals surface area contributed by atoms with E-state index in [1.165, 1.54) is 11.3 Å². The minimum absolute atomic E-state index is 0.0353. The zero-order valence-electron chi connectivity index (χ0n) is 9.85. The van der Waals surface area contributed by atoms with Gasteiger partial charge in [-0.3, -0.25) is 4.79 Å². The fourth-order valence-electron chi connectivity index (χ4n) is 1.46. The topological polar surface area (TPSA) is 39.2 Å². The van der Waals surface area contributed by atoms with Crippen LogP contribution >= 0.6 is 22.9 Å². The molecule has 0 bridgehead atoms. The maximum atomic E-state index is 11.4. The number of carbonyl (C=O) groups excluding carboxylic acids is 1. The second kappa shape index (κ2) is 5.98. The normalized spacial score (nSPS) is 10.3. The van der Waals surface area contributed by atoms with Gasteiger partial charge in [-0.1, -0.05) is 0 Å². The first-order valence-corrected chi connectivity index (χ1v) is 6.94. The predicted molar refractivity (Wildman–Crippen MR) is 73.8 cm³/mol. The molecule has 94 valence electrons. The molecule has 2 aromatic rings. The fourth-order valence-corrected chi connectivity index (χ4v) is 2.43. The Morgan fingerprint density at radius 3 is 2.72 bits per heavy atom. The molecule has 3 nitrogen and oxygen atoms in total. The molecule has 0 saturated carbocycles. The van der Waals surface area contributed by atoms with Crippen LogP contribution in [0.25, 0.3) is 10.6 Å². The molecule has 1 aromatic heterocycles. The number of thiazole rings is 1. The lowest BCUT2D eigenvalue weighted by molar-refractivity contribution is 0.101. The number of hydrogen-bond acceptors (Lipinski definition) is 4. The van der Waals surface area contributed by atoms with Crippen molar-refractivity contribution < 1.29 is 9.53 Å². The van der Waals surface area contributed by atoms with E-state index in [1.807, 2.05) is 31.2 Å². The lowest BCUT2D eigenvalue weighted by Crippen LogP contribution is -2.00. The summed E-state index contributed by atoms with van der Waals surface area (Å²) in [5, 5.41) is 2.54. The van der Waals surface area contributed by atoms with Crippen molar-refractivity contribution in [2.24, 2.45) is 0 Å². The fraction of sp³-hybridized carbons (Fsp3) is 0.231. The highest BCUT2D eigenvalue weighted by molar-refractivity contribution is 7.13. The molecule has 0 radical (unpaired) electrons. The number of alkyl halides is 1. The summed E-state index contributed by atoms with van der Waals surface area (Å²) in [6, 6.07) is 7.64. The number of rotatable bonds is 5. The van der Waals surface area contributed by atoms with Crippen molar-refractivity contribution in [2.45, 2.75) is 6.92 Å². The predicted octanol–water partition coefficient (Wildman–Crippen LogP) is 3.63. The summed E-state index contributed by atoms with van der Waals surface area (Å²) in [6.07, 6.45) is 0. The van der Waals surface area contributed by atoms with Crippen LogP contribution in [0.15, 0.2) is 29.6 Å². The van der Waals surface area contributed by atoms with Crippen molar-refractivity contribution in [1.29, 1.82) is 0 Å². The van der Waals surface area contributed by atoms with Crippen LogP contribution in [0.5, 0.6) is 5.75 Å². The van der Waals surface area contributed by atoms with Gasteiger partial charge in [0.05, 0.1) is 12.5 Å². The molecule has 0 unspecified atom stereocenters. The van der Waals surface area contributed by atoms with Gasteiger partial charge in [-0.05, 0) is 31.2 Å². The van der Waals surface area contributed by atoms with Crippen LogP contribution in [-0.2, 0) is 0 Å². The number of ether oxygens (including phenoxy) is 1. The van der Waals surface area contributed by atoms with Crippen molar-refractivity contribution in [2.75, 3.05) is 12.5 Å². The lowest BCUT2D eigenvalue weighted by atomic mass is 10.2. The molecular weight excluding hydrogens is 270 g/mol. The van der Waals surface area contributed by atoms with E-state index in [0.29, 0.717) is 12.3 Å². The van der Waals surface area contributed by atoms with Crippen LogP contribution in [0, 0.1) is 0 Å². The number of benzene rings is 1. The maximum absolute atomic E-state index is 11.4. The first kappa shape index (κ1) is 13.1. The molecule has 1 heterocycles. The standard InChI is InChI=1S/C13H12ClNO2S/c1-2-17-10-5-3-9(4-6-10)13-15-11(8-18-13)12(16)7-14/h3-6,8H,2,7H2,1H3. The third kappa shape index (κ3) is 2.89. The number of carbonyl (C=O) groups is 1. The summed E-state index contributed by atoms with van der Waals surface area (Å²) in [5.41, 5.74) is 1.40. The van der Waals surface area contributed by atoms with E-state index in [-0.39, 0.29) is 11.7 Å². The third-order valence-electron chi connectivity index (χ3n) is 2.32. The minimum atomic E-state index is -0.148. The highest BCUT2D eigenvalue weighted by Crippen LogP contribution is 2.26. The van der Waals surface area contributed by atoms with E-state index in [9.17, 15) is 4.79 Å². The number of Topliss-reactive ketones (excluding diaryl/α,β-unsaturated/α-hetero) is 1. The first-order chi connectivity index (χ1) is 8.74. The summed E-state index contributed by atoms with van der Waals surface area (Å²) in [5.74, 6) is 0.645. The van der Waals surface area contributed by atoms with Gasteiger partial charge < -0.3 is 4.74 Å². The average molecular weight is 282 g/mol. The van der Waals surface area contributed by atoms with Gasteiger partial charge in [0.1, 0.15) is 16.5 Å². The Labute approximate surface area is 114 Å². The molecule has 0 aliphatic heterocycles. The molecule has 2 rings (SSSR count). The van der Waals surface area contributed by atoms with Crippen molar-refractivity contribution in [1.82, 2.24) is 4.98 Å². The summed E-state index contributed by atoms with van der Waals surface area (Å²) in [7, 11) is 0. The summed E-state index contributed by atoms with van der Waals surface area (Å²) < 4.78 is 5.37. The van der Waals surface area contributed by atoms with E-state index in [1.54, 1.807) is 5.38 Å². The minimum Gasteiger partial charge on any atom is -0.494 e. The third-order valence-corrected chi connectivity index (χ3v) is 3.46. The molecule has 0 fully saturated rings. The van der Waals surface area contributed by atoms with Gasteiger partial charge >= 0.3 is 0 Å². The number of ketones is 1. The molecule has 0 spiro atoms. The average Bonchev–Trinajstić information content (AvgIpc) is 2.89. The Hall–Kier alpha value is -1.39. The van der Waals surface area contributed by atoms with Gasteiger partial charge in [0.2, 0.25) is 0 Å². The van der Waals surface area contributed by atoms with Crippen LogP contribution in [0.2, 0.25) is 0 Å². The van der Waals surface area contributed by atoms with E-state index in [2.05, 4.69) is 4.98 Å². The Morgan fingerprint density at radius 2 is 2.11 bits per heavy atom. The monoisotopic (exact) mass is 281 g/mol. The van der Waals surface area contributed by atoms with Gasteiger partial charge in [0.25, 0.3) is 0 Å². The number of nitrogens with zero attached hydrogens (tertiary/aromatic N) is 1. The molecule has 0 atom stereocenters. The summed E-state index contributed by atoms with van der Waals surface area (Å²) in [4.78, 5) is 15.7. The van der Waals surface area contributed by atoms with E-state index in [0.717, 1.165) is 16.3 Å². The van der Waals surface area contributed by atoms with E-state index in [4.69, 9.17) is 16.3 Å². The molecule has 0 aliphatic rings. The molecule has 5 heteroatoms. The molecular formula is C13H12ClNO2S. The highest BCUT2D eigenvalue weighted by atomic mass is 35.5. The molecule has 0 aliphatic carbocycles. The molecule has 0 N–H and O–H groups in total. The molecule has 18 heavy (non-hydrogen) atoms. The van der Waals surface area contributed by atoms with Crippen LogP contribution in [-0.4, -0.2) is 23.3 Å². The number of hydrogen-bond donors (Lipinski definition) is 0. The zero-order valence-corrected chi connectivity index (χ0v) is 11.4. The largest absolute Gasteiger partial charge is 0.494 e. The SMILES string of the molecule is CCOc1ccc(-c2nc(C(=O)CCl)cs2)cc1. The van der Waals surface area contributed by atoms with Crippen LogP contribution in [0.4, 0.5) is 0 Å². The first-order valence-electron chi connectivity index (χ1n) is 5.52. The van der Waals surface area contributed by atoms with Gasteiger partial charge in [-0.25, -0.2) is 4.98 Å². The quantitative estimate of drug-likeness (QED) is 0.620. The van der Waals surface area contributed by atoms with Crippen molar-refractivity contribution in [3.63, 3.8) is 0 Å². The highest BCUT2D eigenvalue weighted by Gasteiger charge is 2.10. The van der Waals surface area contributed by atoms with Crippen molar-refractivity contribution >= 4 is 28.7 Å². The van der Waals surface area contributed by atoms with Crippen molar-refractivity contribution in [3.05, 3.63) is 35.3 Å². The summed E-state index contributed by atoms with van der Waals surface area (Å²) >= 11 is 6.93. The van der Waals surface area contributed by atoms with Crippen molar-refractivity contribution in [3.8, 4) is 16.3 Å². The van der Waals surface area contributed by atoms with Crippen LogP contribution < -0.4 is 4.74 Å². The Bertz CT molecular complexity index is 536. The Morgan fingerprint density at radius 1 is 1.39 bits per heavy atom.